The minimum atomic E-state index is -1.05. The van der Waals surface area contributed by atoms with Crippen LogP contribution in [0.3, 0.4) is 0 Å². The van der Waals surface area contributed by atoms with Gasteiger partial charge in [0.2, 0.25) is 0 Å². The van der Waals surface area contributed by atoms with Gasteiger partial charge in [-0.15, -0.1) is 0 Å². The fourth-order valence-corrected chi connectivity index (χ4v) is 2.88. The molecule has 0 aromatic heterocycles. The maximum Gasteiger partial charge on any atom is 0.126 e. The molecule has 106 valence electrons. The molecule has 0 saturated carbocycles. The number of ether oxygens (including phenoxy) is 1. The Balaban J connectivity index is 2.24. The molecule has 1 heterocycles. The molecule has 1 aromatic rings. The predicted molar refractivity (Wildman–Crippen MR) is 75.9 cm³/mol. The molecule has 1 atom stereocenters. The second-order valence-electron chi connectivity index (χ2n) is 5.18. The van der Waals surface area contributed by atoms with E-state index in [0.717, 1.165) is 23.3 Å². The molecule has 1 aromatic carbocycles. The second-order valence-corrected chi connectivity index (χ2v) is 5.62. The van der Waals surface area contributed by atoms with E-state index in [9.17, 15) is 10.2 Å². The number of hydrogen-bond donors (Lipinski definition) is 2. The molecule has 4 heteroatoms. The van der Waals surface area contributed by atoms with Crippen LogP contribution >= 0.6 is 11.6 Å². The zero-order valence-corrected chi connectivity index (χ0v) is 12.2. The predicted octanol–water partition coefficient (Wildman–Crippen LogP) is 2.73. The topological polar surface area (TPSA) is 49.7 Å². The van der Waals surface area contributed by atoms with Gasteiger partial charge in [0.15, 0.2) is 0 Å². The first kappa shape index (κ1) is 14.6. The summed E-state index contributed by atoms with van der Waals surface area (Å²) in [6, 6.07) is 3.73. The number of rotatable bonds is 5. The molecule has 1 aliphatic rings. The van der Waals surface area contributed by atoms with Gasteiger partial charge in [0.05, 0.1) is 18.3 Å². The molecule has 0 saturated heterocycles. The van der Waals surface area contributed by atoms with Crippen molar-refractivity contribution in [2.75, 3.05) is 6.61 Å². The molecule has 1 unspecified atom stereocenters. The zero-order chi connectivity index (χ0) is 14.0. The molecule has 0 radical (unpaired) electrons. The van der Waals surface area contributed by atoms with Crippen LogP contribution in [0.25, 0.3) is 0 Å². The molecule has 0 fully saturated rings. The molecule has 2 N–H and O–H groups in total. The Morgan fingerprint density at radius 3 is 2.68 bits per heavy atom. The summed E-state index contributed by atoms with van der Waals surface area (Å²) in [5.74, 6) is 0.831. The van der Waals surface area contributed by atoms with Crippen molar-refractivity contribution in [2.24, 2.45) is 0 Å². The fourth-order valence-electron chi connectivity index (χ4n) is 2.62. The Hall–Kier alpha value is -0.770. The van der Waals surface area contributed by atoms with Crippen LogP contribution < -0.4 is 4.74 Å². The molecule has 19 heavy (non-hydrogen) atoms. The van der Waals surface area contributed by atoms with Gasteiger partial charge in [-0.2, -0.15) is 0 Å². The summed E-state index contributed by atoms with van der Waals surface area (Å²) in [5, 5.41) is 21.3. The molecule has 3 nitrogen and oxygen atoms in total. The lowest BCUT2D eigenvalue weighted by Crippen LogP contribution is -2.42. The average Bonchev–Trinajstić information content (AvgIpc) is 2.85. The standard InChI is InChI=1S/C15H21ClO3/c1-3-15(18,4-2)13(17)9-11-8-12(16)7-10-5-6-19-14(10)11/h7-8,13,17-18H,3-6,9H2,1-2H3. The minimum absolute atomic E-state index is 0.362. The van der Waals surface area contributed by atoms with E-state index < -0.39 is 11.7 Å². The van der Waals surface area contributed by atoms with E-state index in [1.54, 1.807) is 0 Å². The summed E-state index contributed by atoms with van der Waals surface area (Å²) >= 11 is 6.09. The van der Waals surface area contributed by atoms with Crippen molar-refractivity contribution >= 4 is 11.6 Å². The van der Waals surface area contributed by atoms with Gasteiger partial charge in [0.25, 0.3) is 0 Å². The van der Waals surface area contributed by atoms with Gasteiger partial charge in [0.1, 0.15) is 5.75 Å². The second kappa shape index (κ2) is 5.70. The molecule has 2 rings (SSSR count). The van der Waals surface area contributed by atoms with E-state index in [-0.39, 0.29) is 0 Å². The van der Waals surface area contributed by atoms with Crippen molar-refractivity contribution in [1.29, 1.82) is 0 Å². The summed E-state index contributed by atoms with van der Waals surface area (Å²) < 4.78 is 5.61. The maximum absolute atomic E-state index is 10.4. The van der Waals surface area contributed by atoms with Gasteiger partial charge in [-0.3, -0.25) is 0 Å². The number of fused-ring (bicyclic) bond motifs is 1. The summed E-state index contributed by atoms with van der Waals surface area (Å²) in [6.07, 6.45) is 1.45. The van der Waals surface area contributed by atoms with Crippen molar-refractivity contribution in [2.45, 2.75) is 51.2 Å². The lowest BCUT2D eigenvalue weighted by molar-refractivity contribution is -0.0791. The summed E-state index contributed by atoms with van der Waals surface area (Å²) in [7, 11) is 0. The highest BCUT2D eigenvalue weighted by molar-refractivity contribution is 6.30. The van der Waals surface area contributed by atoms with Crippen LogP contribution in [0, 0.1) is 0 Å². The summed E-state index contributed by atoms with van der Waals surface area (Å²) in [5.41, 5.74) is 0.924. The largest absolute Gasteiger partial charge is 0.493 e. The normalized spacial score (nSPS) is 16.1. The van der Waals surface area contributed by atoms with Crippen LogP contribution in [0.5, 0.6) is 5.75 Å². The van der Waals surface area contributed by atoms with Crippen LogP contribution in [-0.4, -0.2) is 28.5 Å². The summed E-state index contributed by atoms with van der Waals surface area (Å²) in [6.45, 7) is 4.42. The lowest BCUT2D eigenvalue weighted by Gasteiger charge is -2.31. The van der Waals surface area contributed by atoms with Crippen LogP contribution in [0.2, 0.25) is 5.02 Å². The van der Waals surface area contributed by atoms with Crippen LogP contribution in [0.15, 0.2) is 12.1 Å². The highest BCUT2D eigenvalue weighted by atomic mass is 35.5. The number of aliphatic hydroxyl groups is 2. The average molecular weight is 285 g/mol. The van der Waals surface area contributed by atoms with Crippen molar-refractivity contribution in [3.63, 3.8) is 0 Å². The Morgan fingerprint density at radius 1 is 1.37 bits per heavy atom. The zero-order valence-electron chi connectivity index (χ0n) is 11.4. The van der Waals surface area contributed by atoms with E-state index in [1.807, 2.05) is 26.0 Å². The van der Waals surface area contributed by atoms with Crippen LogP contribution in [-0.2, 0) is 12.8 Å². The quantitative estimate of drug-likeness (QED) is 0.874. The van der Waals surface area contributed by atoms with Crippen molar-refractivity contribution in [1.82, 2.24) is 0 Å². The molecular formula is C15H21ClO3. The SMILES string of the molecule is CCC(O)(CC)C(O)Cc1cc(Cl)cc2c1OCC2. The molecule has 0 spiro atoms. The van der Waals surface area contributed by atoms with Crippen LogP contribution in [0.4, 0.5) is 0 Å². The van der Waals surface area contributed by atoms with Gasteiger partial charge in [0, 0.05) is 17.9 Å². The lowest BCUT2D eigenvalue weighted by atomic mass is 9.86. The molecule has 0 amide bonds. The van der Waals surface area contributed by atoms with Crippen molar-refractivity contribution in [3.8, 4) is 5.75 Å². The smallest absolute Gasteiger partial charge is 0.126 e. The highest BCUT2D eigenvalue weighted by Crippen LogP contribution is 2.35. The first-order valence-electron chi connectivity index (χ1n) is 6.84. The van der Waals surface area contributed by atoms with Crippen molar-refractivity contribution < 1.29 is 14.9 Å². The first-order chi connectivity index (χ1) is 9.00. The Labute approximate surface area is 119 Å². The number of aliphatic hydroxyl groups excluding tert-OH is 1. The van der Waals surface area contributed by atoms with E-state index in [1.165, 1.54) is 0 Å². The van der Waals surface area contributed by atoms with E-state index in [2.05, 4.69) is 0 Å². The van der Waals surface area contributed by atoms with Gasteiger partial charge in [-0.05, 0) is 36.1 Å². The number of halogens is 1. The maximum atomic E-state index is 10.4. The Bertz CT molecular complexity index is 455. The van der Waals surface area contributed by atoms with Gasteiger partial charge < -0.3 is 14.9 Å². The fraction of sp³-hybridized carbons (Fsp3) is 0.600. The Morgan fingerprint density at radius 2 is 2.05 bits per heavy atom. The Kier molecular flexibility index (Phi) is 4.39. The van der Waals surface area contributed by atoms with Crippen LogP contribution in [0.1, 0.15) is 37.8 Å². The number of benzene rings is 1. The minimum Gasteiger partial charge on any atom is -0.493 e. The number of hydrogen-bond acceptors (Lipinski definition) is 3. The third-order valence-electron chi connectivity index (χ3n) is 4.08. The third kappa shape index (κ3) is 2.88. The molecule has 0 aliphatic carbocycles. The van der Waals surface area contributed by atoms with E-state index in [4.69, 9.17) is 16.3 Å². The van der Waals surface area contributed by atoms with Gasteiger partial charge >= 0.3 is 0 Å². The van der Waals surface area contributed by atoms with E-state index in [0.29, 0.717) is 30.9 Å². The van der Waals surface area contributed by atoms with Gasteiger partial charge in [-0.25, -0.2) is 0 Å². The van der Waals surface area contributed by atoms with E-state index >= 15 is 0 Å². The molecule has 0 bridgehead atoms. The highest BCUT2D eigenvalue weighted by Gasteiger charge is 2.33. The van der Waals surface area contributed by atoms with Gasteiger partial charge in [-0.1, -0.05) is 25.4 Å². The first-order valence-corrected chi connectivity index (χ1v) is 7.22. The molecule has 1 aliphatic heterocycles. The summed E-state index contributed by atoms with van der Waals surface area (Å²) in [4.78, 5) is 0. The molecular weight excluding hydrogens is 264 g/mol. The monoisotopic (exact) mass is 284 g/mol. The third-order valence-corrected chi connectivity index (χ3v) is 4.30. The van der Waals surface area contributed by atoms with Crippen molar-refractivity contribution in [3.05, 3.63) is 28.3 Å².